The van der Waals surface area contributed by atoms with E-state index in [4.69, 9.17) is 0 Å². The lowest BCUT2D eigenvalue weighted by molar-refractivity contribution is 0.270. The van der Waals surface area contributed by atoms with Gasteiger partial charge in [-0.05, 0) is 74.1 Å². The standard InChI is InChI=1S/C17H26N2/c1-12(14-5-7-19-8-6-14)17(18-2)11-16-10-13-3-4-15(16)9-13/h5-8,12-13,15-18H,3-4,9-11H2,1-2H3. The lowest BCUT2D eigenvalue weighted by atomic mass is 9.80. The van der Waals surface area contributed by atoms with E-state index in [9.17, 15) is 0 Å². The van der Waals surface area contributed by atoms with Crippen LogP contribution in [0.15, 0.2) is 24.5 Å². The second-order valence-electron chi connectivity index (χ2n) is 6.64. The predicted molar refractivity (Wildman–Crippen MR) is 79.1 cm³/mol. The molecule has 5 unspecified atom stereocenters. The minimum absolute atomic E-state index is 0.576. The summed E-state index contributed by atoms with van der Waals surface area (Å²) in [4.78, 5) is 4.13. The Kier molecular flexibility index (Phi) is 3.88. The zero-order valence-electron chi connectivity index (χ0n) is 12.2. The number of pyridine rings is 1. The lowest BCUT2D eigenvalue weighted by Crippen LogP contribution is -2.34. The number of aromatic nitrogens is 1. The Morgan fingerprint density at radius 2 is 2.05 bits per heavy atom. The zero-order valence-corrected chi connectivity index (χ0v) is 12.2. The van der Waals surface area contributed by atoms with Crippen molar-refractivity contribution in [1.82, 2.24) is 10.3 Å². The molecule has 2 nitrogen and oxygen atoms in total. The highest BCUT2D eigenvalue weighted by Gasteiger charge is 2.40. The van der Waals surface area contributed by atoms with Crippen LogP contribution in [0.1, 0.15) is 50.5 Å². The van der Waals surface area contributed by atoms with Crippen molar-refractivity contribution in [3.05, 3.63) is 30.1 Å². The molecule has 0 amide bonds. The second kappa shape index (κ2) is 5.62. The van der Waals surface area contributed by atoms with E-state index in [0.29, 0.717) is 12.0 Å². The van der Waals surface area contributed by atoms with Crippen molar-refractivity contribution in [1.29, 1.82) is 0 Å². The molecule has 1 heterocycles. The van der Waals surface area contributed by atoms with Crippen LogP contribution in [0.2, 0.25) is 0 Å². The molecule has 2 fully saturated rings. The number of rotatable bonds is 5. The van der Waals surface area contributed by atoms with Gasteiger partial charge in [0, 0.05) is 18.4 Å². The first-order valence-electron chi connectivity index (χ1n) is 7.85. The molecule has 5 atom stereocenters. The van der Waals surface area contributed by atoms with Gasteiger partial charge in [-0.3, -0.25) is 4.98 Å². The third-order valence-corrected chi connectivity index (χ3v) is 5.65. The van der Waals surface area contributed by atoms with Crippen LogP contribution in [0.3, 0.4) is 0 Å². The maximum atomic E-state index is 4.13. The maximum absolute atomic E-state index is 4.13. The SMILES string of the molecule is CNC(CC1CC2CCC1C2)C(C)c1ccncc1. The van der Waals surface area contributed by atoms with E-state index in [2.05, 4.69) is 36.4 Å². The molecule has 2 saturated carbocycles. The molecule has 2 aliphatic carbocycles. The summed E-state index contributed by atoms with van der Waals surface area (Å²) >= 11 is 0. The van der Waals surface area contributed by atoms with Gasteiger partial charge in [0.2, 0.25) is 0 Å². The average Bonchev–Trinajstić information content (AvgIpc) is 3.07. The van der Waals surface area contributed by atoms with Gasteiger partial charge in [0.05, 0.1) is 0 Å². The van der Waals surface area contributed by atoms with Crippen LogP contribution in [-0.4, -0.2) is 18.1 Å². The highest BCUT2D eigenvalue weighted by Crippen LogP contribution is 2.50. The Labute approximate surface area is 117 Å². The first kappa shape index (κ1) is 13.1. The van der Waals surface area contributed by atoms with Gasteiger partial charge in [-0.1, -0.05) is 13.3 Å². The van der Waals surface area contributed by atoms with E-state index in [1.807, 2.05) is 12.4 Å². The number of fused-ring (bicyclic) bond motifs is 2. The van der Waals surface area contributed by atoms with Crippen molar-refractivity contribution in [2.45, 2.75) is 51.0 Å². The molecule has 0 saturated heterocycles. The van der Waals surface area contributed by atoms with Crippen molar-refractivity contribution < 1.29 is 0 Å². The van der Waals surface area contributed by atoms with Crippen LogP contribution < -0.4 is 5.32 Å². The Morgan fingerprint density at radius 3 is 2.63 bits per heavy atom. The van der Waals surface area contributed by atoms with Gasteiger partial charge < -0.3 is 5.32 Å². The largest absolute Gasteiger partial charge is 0.316 e. The number of hydrogen-bond acceptors (Lipinski definition) is 2. The first-order valence-corrected chi connectivity index (χ1v) is 7.85. The summed E-state index contributed by atoms with van der Waals surface area (Å²) in [6.07, 6.45) is 11.2. The maximum Gasteiger partial charge on any atom is 0.0270 e. The minimum Gasteiger partial charge on any atom is -0.316 e. The van der Waals surface area contributed by atoms with E-state index < -0.39 is 0 Å². The fourth-order valence-corrected chi connectivity index (χ4v) is 4.46. The van der Waals surface area contributed by atoms with E-state index in [-0.39, 0.29) is 0 Å². The molecule has 1 aromatic heterocycles. The van der Waals surface area contributed by atoms with Crippen molar-refractivity contribution in [3.63, 3.8) is 0 Å². The van der Waals surface area contributed by atoms with Crippen molar-refractivity contribution in [2.75, 3.05) is 7.05 Å². The van der Waals surface area contributed by atoms with E-state index >= 15 is 0 Å². The number of likely N-dealkylation sites (N-methyl/N-ethyl adjacent to an activating group) is 1. The number of hydrogen-bond donors (Lipinski definition) is 1. The van der Waals surface area contributed by atoms with E-state index in [1.165, 1.54) is 37.7 Å². The summed E-state index contributed by atoms with van der Waals surface area (Å²) in [5.41, 5.74) is 1.41. The van der Waals surface area contributed by atoms with Crippen LogP contribution in [0.5, 0.6) is 0 Å². The van der Waals surface area contributed by atoms with Gasteiger partial charge in [-0.25, -0.2) is 0 Å². The molecule has 3 rings (SSSR count). The van der Waals surface area contributed by atoms with Crippen LogP contribution in [0, 0.1) is 17.8 Å². The Bertz CT molecular complexity index is 403. The molecule has 0 aliphatic heterocycles. The van der Waals surface area contributed by atoms with Gasteiger partial charge in [0.1, 0.15) is 0 Å². The van der Waals surface area contributed by atoms with Crippen LogP contribution in [0.4, 0.5) is 0 Å². The molecule has 1 aromatic rings. The predicted octanol–water partition coefficient (Wildman–Crippen LogP) is 3.60. The molecule has 0 radical (unpaired) electrons. The fourth-order valence-electron chi connectivity index (χ4n) is 4.46. The van der Waals surface area contributed by atoms with Gasteiger partial charge in [0.15, 0.2) is 0 Å². The molecule has 0 spiro atoms. The third kappa shape index (κ3) is 2.69. The smallest absolute Gasteiger partial charge is 0.0270 e. The molecule has 2 bridgehead atoms. The molecular weight excluding hydrogens is 232 g/mol. The molecular formula is C17H26N2. The molecule has 19 heavy (non-hydrogen) atoms. The summed E-state index contributed by atoms with van der Waals surface area (Å²) in [6.45, 7) is 2.35. The third-order valence-electron chi connectivity index (χ3n) is 5.65. The Morgan fingerprint density at radius 1 is 1.26 bits per heavy atom. The van der Waals surface area contributed by atoms with Crippen molar-refractivity contribution >= 4 is 0 Å². The molecule has 0 aromatic carbocycles. The van der Waals surface area contributed by atoms with E-state index in [1.54, 1.807) is 0 Å². The van der Waals surface area contributed by atoms with Crippen LogP contribution >= 0.6 is 0 Å². The van der Waals surface area contributed by atoms with Gasteiger partial charge in [0.25, 0.3) is 0 Å². The molecule has 2 heteroatoms. The Hall–Kier alpha value is -0.890. The van der Waals surface area contributed by atoms with Gasteiger partial charge in [-0.2, -0.15) is 0 Å². The first-order chi connectivity index (χ1) is 9.28. The van der Waals surface area contributed by atoms with Crippen molar-refractivity contribution in [3.8, 4) is 0 Å². The minimum atomic E-state index is 0.576. The monoisotopic (exact) mass is 258 g/mol. The summed E-state index contributed by atoms with van der Waals surface area (Å²) in [5, 5.41) is 3.57. The topological polar surface area (TPSA) is 24.9 Å². The molecule has 104 valence electrons. The number of nitrogens with one attached hydrogen (secondary N) is 1. The second-order valence-corrected chi connectivity index (χ2v) is 6.64. The molecule has 2 aliphatic rings. The van der Waals surface area contributed by atoms with Crippen LogP contribution in [0.25, 0.3) is 0 Å². The zero-order chi connectivity index (χ0) is 13.2. The summed E-state index contributed by atoms with van der Waals surface area (Å²) < 4.78 is 0. The normalized spacial score (nSPS) is 32.4. The van der Waals surface area contributed by atoms with Gasteiger partial charge in [-0.15, -0.1) is 0 Å². The van der Waals surface area contributed by atoms with E-state index in [0.717, 1.165) is 17.8 Å². The Balaban J connectivity index is 1.64. The lowest BCUT2D eigenvalue weighted by Gasteiger charge is -2.30. The highest BCUT2D eigenvalue weighted by atomic mass is 14.9. The van der Waals surface area contributed by atoms with Crippen LogP contribution in [-0.2, 0) is 0 Å². The summed E-state index contributed by atoms with van der Waals surface area (Å²) in [5.74, 6) is 3.64. The average molecular weight is 258 g/mol. The summed E-state index contributed by atoms with van der Waals surface area (Å²) in [7, 11) is 2.12. The molecule has 1 N–H and O–H groups in total. The number of nitrogens with zero attached hydrogens (tertiary/aromatic N) is 1. The summed E-state index contributed by atoms with van der Waals surface area (Å²) in [6, 6.07) is 4.93. The fraction of sp³-hybridized carbons (Fsp3) is 0.706. The van der Waals surface area contributed by atoms with Gasteiger partial charge >= 0.3 is 0 Å². The highest BCUT2D eigenvalue weighted by molar-refractivity contribution is 5.17. The van der Waals surface area contributed by atoms with Crippen molar-refractivity contribution in [2.24, 2.45) is 17.8 Å². The quantitative estimate of drug-likeness (QED) is 0.873.